The van der Waals surface area contributed by atoms with Gasteiger partial charge in [-0.05, 0) is 31.8 Å². The minimum Gasteiger partial charge on any atom is -0.376 e. The monoisotopic (exact) mass is 212 g/mol. The number of hydrogen-bond acceptors (Lipinski definition) is 3. The number of rotatable bonds is 5. The van der Waals surface area contributed by atoms with Gasteiger partial charge in [-0.25, -0.2) is 0 Å². The van der Waals surface area contributed by atoms with E-state index in [2.05, 4.69) is 11.9 Å². The molecule has 86 valence electrons. The molecule has 0 aromatic rings. The van der Waals surface area contributed by atoms with E-state index in [1.165, 1.54) is 6.08 Å². The van der Waals surface area contributed by atoms with Crippen LogP contribution in [0.2, 0.25) is 0 Å². The van der Waals surface area contributed by atoms with Crippen molar-refractivity contribution in [2.45, 2.75) is 37.8 Å². The molecule has 0 radical (unpaired) electrons. The highest BCUT2D eigenvalue weighted by Gasteiger charge is 2.18. The standard InChI is InChI=1S/C11H20N2O2/c1-2-11(14)13-7-8-15-10-5-3-9(12)4-6-10/h2,9-10H,1,3-8,12H2,(H,13,14). The number of nitrogens with one attached hydrogen (secondary N) is 1. The number of amides is 1. The van der Waals surface area contributed by atoms with Gasteiger partial charge < -0.3 is 15.8 Å². The largest absolute Gasteiger partial charge is 0.376 e. The van der Waals surface area contributed by atoms with Crippen molar-refractivity contribution in [3.8, 4) is 0 Å². The van der Waals surface area contributed by atoms with Crippen molar-refractivity contribution >= 4 is 5.91 Å². The van der Waals surface area contributed by atoms with Crippen molar-refractivity contribution in [3.63, 3.8) is 0 Å². The SMILES string of the molecule is C=CC(=O)NCCOC1CCC(N)CC1. The Balaban J connectivity index is 2.00. The molecule has 1 aliphatic rings. The van der Waals surface area contributed by atoms with E-state index in [1.807, 2.05) is 0 Å². The van der Waals surface area contributed by atoms with Crippen LogP contribution in [-0.2, 0) is 9.53 Å². The predicted octanol–water partition coefficient (Wildman–Crippen LogP) is 0.575. The molecule has 0 unspecified atom stereocenters. The van der Waals surface area contributed by atoms with E-state index in [1.54, 1.807) is 0 Å². The second-order valence-corrected chi connectivity index (χ2v) is 3.90. The lowest BCUT2D eigenvalue weighted by molar-refractivity contribution is -0.116. The lowest BCUT2D eigenvalue weighted by atomic mass is 9.94. The van der Waals surface area contributed by atoms with Gasteiger partial charge in [-0.1, -0.05) is 6.58 Å². The summed E-state index contributed by atoms with van der Waals surface area (Å²) >= 11 is 0. The molecule has 0 aromatic heterocycles. The number of carbonyl (C=O) groups excluding carboxylic acids is 1. The number of hydrogen-bond donors (Lipinski definition) is 2. The summed E-state index contributed by atoms with van der Waals surface area (Å²) in [5.41, 5.74) is 5.79. The fourth-order valence-electron chi connectivity index (χ4n) is 1.73. The third kappa shape index (κ3) is 4.95. The van der Waals surface area contributed by atoms with Gasteiger partial charge in [-0.15, -0.1) is 0 Å². The molecule has 1 amide bonds. The van der Waals surface area contributed by atoms with Crippen LogP contribution >= 0.6 is 0 Å². The first-order chi connectivity index (χ1) is 7.22. The number of ether oxygens (including phenoxy) is 1. The van der Waals surface area contributed by atoms with Crippen molar-refractivity contribution in [2.24, 2.45) is 5.73 Å². The van der Waals surface area contributed by atoms with Gasteiger partial charge in [0.25, 0.3) is 0 Å². The Hall–Kier alpha value is -0.870. The van der Waals surface area contributed by atoms with Crippen LogP contribution in [0.1, 0.15) is 25.7 Å². The van der Waals surface area contributed by atoms with Crippen LogP contribution in [0.5, 0.6) is 0 Å². The summed E-state index contributed by atoms with van der Waals surface area (Å²) in [5, 5.41) is 2.67. The Morgan fingerprint density at radius 3 is 2.73 bits per heavy atom. The van der Waals surface area contributed by atoms with Gasteiger partial charge in [0.2, 0.25) is 5.91 Å². The molecule has 1 saturated carbocycles. The minimum atomic E-state index is -0.149. The highest BCUT2D eigenvalue weighted by Crippen LogP contribution is 2.19. The first-order valence-corrected chi connectivity index (χ1v) is 5.50. The first-order valence-electron chi connectivity index (χ1n) is 5.50. The van der Waals surface area contributed by atoms with Crippen LogP contribution in [0.15, 0.2) is 12.7 Å². The summed E-state index contributed by atoms with van der Waals surface area (Å²) in [6, 6.07) is 0.352. The van der Waals surface area contributed by atoms with Gasteiger partial charge in [0, 0.05) is 12.6 Å². The molecule has 0 saturated heterocycles. The lowest BCUT2D eigenvalue weighted by Gasteiger charge is -2.26. The van der Waals surface area contributed by atoms with E-state index in [0.717, 1.165) is 25.7 Å². The molecule has 0 atom stereocenters. The molecule has 15 heavy (non-hydrogen) atoms. The van der Waals surface area contributed by atoms with E-state index in [9.17, 15) is 4.79 Å². The Bertz CT molecular complexity index is 211. The molecule has 0 spiro atoms. The van der Waals surface area contributed by atoms with E-state index in [0.29, 0.717) is 25.3 Å². The van der Waals surface area contributed by atoms with E-state index >= 15 is 0 Å². The minimum absolute atomic E-state index is 0.149. The quantitative estimate of drug-likeness (QED) is 0.517. The molecule has 0 heterocycles. The summed E-state index contributed by atoms with van der Waals surface area (Å²) in [4.78, 5) is 10.8. The molecule has 1 fully saturated rings. The normalized spacial score (nSPS) is 25.9. The summed E-state index contributed by atoms with van der Waals surface area (Å²) < 4.78 is 5.62. The molecular weight excluding hydrogens is 192 g/mol. The fourth-order valence-corrected chi connectivity index (χ4v) is 1.73. The van der Waals surface area contributed by atoms with Gasteiger partial charge >= 0.3 is 0 Å². The Labute approximate surface area is 90.9 Å². The lowest BCUT2D eigenvalue weighted by Crippen LogP contribution is -2.32. The maximum atomic E-state index is 10.8. The highest BCUT2D eigenvalue weighted by molar-refractivity contribution is 5.86. The highest BCUT2D eigenvalue weighted by atomic mass is 16.5. The van der Waals surface area contributed by atoms with E-state index < -0.39 is 0 Å². The van der Waals surface area contributed by atoms with Crippen molar-refractivity contribution < 1.29 is 9.53 Å². The van der Waals surface area contributed by atoms with Crippen LogP contribution in [0.4, 0.5) is 0 Å². The second kappa shape index (κ2) is 6.58. The maximum Gasteiger partial charge on any atom is 0.243 e. The van der Waals surface area contributed by atoms with Gasteiger partial charge in [-0.3, -0.25) is 4.79 Å². The summed E-state index contributed by atoms with van der Waals surface area (Å²) in [7, 11) is 0. The zero-order chi connectivity index (χ0) is 11.1. The predicted molar refractivity (Wildman–Crippen MR) is 59.4 cm³/mol. The van der Waals surface area contributed by atoms with Crippen molar-refractivity contribution in [2.75, 3.05) is 13.2 Å². The number of carbonyl (C=O) groups is 1. The van der Waals surface area contributed by atoms with Gasteiger partial charge in [0.1, 0.15) is 0 Å². The molecule has 0 aliphatic heterocycles. The molecular formula is C11H20N2O2. The van der Waals surface area contributed by atoms with Crippen LogP contribution < -0.4 is 11.1 Å². The zero-order valence-corrected chi connectivity index (χ0v) is 9.08. The van der Waals surface area contributed by atoms with Crippen LogP contribution in [0, 0.1) is 0 Å². The molecule has 3 N–H and O–H groups in total. The summed E-state index contributed by atoms with van der Waals surface area (Å²) in [5.74, 6) is -0.149. The van der Waals surface area contributed by atoms with Crippen LogP contribution in [0.3, 0.4) is 0 Å². The van der Waals surface area contributed by atoms with Crippen molar-refractivity contribution in [1.29, 1.82) is 0 Å². The van der Waals surface area contributed by atoms with Crippen LogP contribution in [0.25, 0.3) is 0 Å². The fraction of sp³-hybridized carbons (Fsp3) is 0.727. The Morgan fingerprint density at radius 1 is 1.47 bits per heavy atom. The number of nitrogens with two attached hydrogens (primary N) is 1. The third-order valence-electron chi connectivity index (χ3n) is 2.66. The molecule has 0 aromatic carbocycles. The summed E-state index contributed by atoms with van der Waals surface area (Å²) in [6.07, 6.45) is 5.76. The molecule has 4 nitrogen and oxygen atoms in total. The summed E-state index contributed by atoms with van der Waals surface area (Å²) in [6.45, 7) is 4.49. The topological polar surface area (TPSA) is 64.3 Å². The van der Waals surface area contributed by atoms with Gasteiger partial charge in [0.15, 0.2) is 0 Å². The second-order valence-electron chi connectivity index (χ2n) is 3.90. The first kappa shape index (κ1) is 12.2. The third-order valence-corrected chi connectivity index (χ3v) is 2.66. The molecule has 1 rings (SSSR count). The zero-order valence-electron chi connectivity index (χ0n) is 9.08. The maximum absolute atomic E-state index is 10.8. The smallest absolute Gasteiger partial charge is 0.243 e. The van der Waals surface area contributed by atoms with Crippen molar-refractivity contribution in [3.05, 3.63) is 12.7 Å². The Morgan fingerprint density at radius 2 is 2.13 bits per heavy atom. The molecule has 4 heteroatoms. The molecule has 0 bridgehead atoms. The van der Waals surface area contributed by atoms with E-state index in [-0.39, 0.29) is 5.91 Å². The average molecular weight is 212 g/mol. The average Bonchev–Trinajstić information content (AvgIpc) is 2.26. The molecule has 1 aliphatic carbocycles. The Kier molecular flexibility index (Phi) is 5.36. The van der Waals surface area contributed by atoms with Crippen molar-refractivity contribution in [1.82, 2.24) is 5.32 Å². The van der Waals surface area contributed by atoms with E-state index in [4.69, 9.17) is 10.5 Å². The van der Waals surface area contributed by atoms with Gasteiger partial charge in [0.05, 0.1) is 12.7 Å². The van der Waals surface area contributed by atoms with Gasteiger partial charge in [-0.2, -0.15) is 0 Å². The van der Waals surface area contributed by atoms with Crippen LogP contribution in [-0.4, -0.2) is 31.2 Å².